The van der Waals surface area contributed by atoms with Crippen LogP contribution in [-0.4, -0.2) is 73.2 Å². The van der Waals surface area contributed by atoms with Crippen molar-refractivity contribution < 1.29 is 28.6 Å². The minimum atomic E-state index is -0.626. The third-order valence-corrected chi connectivity index (χ3v) is 6.64. The Morgan fingerprint density at radius 1 is 1.16 bits per heavy atom. The molecule has 0 atom stereocenters. The molecule has 0 bridgehead atoms. The summed E-state index contributed by atoms with van der Waals surface area (Å²) in [6.45, 7) is 6.85. The summed E-state index contributed by atoms with van der Waals surface area (Å²) in [5.41, 5.74) is 1.52. The van der Waals surface area contributed by atoms with Gasteiger partial charge in [0.2, 0.25) is 11.9 Å². The summed E-state index contributed by atoms with van der Waals surface area (Å²) in [7, 11) is 1.92. The van der Waals surface area contributed by atoms with E-state index in [9.17, 15) is 14.4 Å². The van der Waals surface area contributed by atoms with Gasteiger partial charge in [0, 0.05) is 31.6 Å². The molecule has 0 saturated heterocycles. The predicted molar refractivity (Wildman–Crippen MR) is 144 cm³/mol. The van der Waals surface area contributed by atoms with Gasteiger partial charge in [-0.3, -0.25) is 14.9 Å². The van der Waals surface area contributed by atoms with Crippen LogP contribution in [0.4, 0.5) is 10.5 Å². The van der Waals surface area contributed by atoms with Crippen molar-refractivity contribution in [2.24, 2.45) is 10.9 Å². The number of fused-ring (bicyclic) bond motifs is 1. The van der Waals surface area contributed by atoms with Crippen LogP contribution in [0.25, 0.3) is 0 Å². The number of guanidine groups is 1. The van der Waals surface area contributed by atoms with Crippen molar-refractivity contribution in [2.75, 3.05) is 33.4 Å². The molecule has 0 spiro atoms. The molecule has 3 rings (SSSR count). The van der Waals surface area contributed by atoms with Crippen molar-refractivity contribution in [3.05, 3.63) is 23.8 Å². The summed E-state index contributed by atoms with van der Waals surface area (Å²) in [4.78, 5) is 45.1. The number of rotatable bonds is 11. The van der Waals surface area contributed by atoms with Gasteiger partial charge in [0.05, 0.1) is 25.5 Å². The molecule has 1 N–H and O–H groups in total. The number of ether oxygens (including phenoxy) is 3. The van der Waals surface area contributed by atoms with E-state index in [1.165, 1.54) is 19.3 Å². The Kier molecular flexibility index (Phi) is 11.2. The largest absolute Gasteiger partial charge is 0.494 e. The van der Waals surface area contributed by atoms with Crippen LogP contribution in [0.1, 0.15) is 71.3 Å². The van der Waals surface area contributed by atoms with Crippen LogP contribution in [0, 0.1) is 5.92 Å². The molecule has 2 amide bonds. The van der Waals surface area contributed by atoms with Crippen LogP contribution in [0.2, 0.25) is 0 Å². The van der Waals surface area contributed by atoms with Crippen LogP contribution in [0.15, 0.2) is 23.2 Å². The fraction of sp³-hybridized carbons (Fsp3) is 0.643. The highest BCUT2D eigenvalue weighted by molar-refractivity contribution is 5.97. The molecule has 210 valence electrons. The maximum atomic E-state index is 12.6. The van der Waals surface area contributed by atoms with E-state index in [1.54, 1.807) is 11.8 Å². The molecule has 2 aliphatic rings. The van der Waals surface area contributed by atoms with Gasteiger partial charge >= 0.3 is 12.1 Å². The van der Waals surface area contributed by atoms with E-state index in [4.69, 9.17) is 14.2 Å². The Morgan fingerprint density at radius 2 is 1.92 bits per heavy atom. The smallest absolute Gasteiger partial charge is 0.413 e. The number of alkyl carbamates (subject to hydrolysis) is 1. The number of nitrogens with zero attached hydrogens (tertiary/aromatic N) is 3. The van der Waals surface area contributed by atoms with Crippen molar-refractivity contribution in [3.8, 4) is 5.75 Å². The van der Waals surface area contributed by atoms with Gasteiger partial charge in [-0.2, -0.15) is 0 Å². The second kappa shape index (κ2) is 14.6. The minimum absolute atomic E-state index is 0.0711. The van der Waals surface area contributed by atoms with Crippen LogP contribution in [0.3, 0.4) is 0 Å². The lowest BCUT2D eigenvalue weighted by Gasteiger charge is -2.31. The van der Waals surface area contributed by atoms with Gasteiger partial charge in [-0.05, 0) is 50.3 Å². The fourth-order valence-corrected chi connectivity index (χ4v) is 4.58. The van der Waals surface area contributed by atoms with Crippen LogP contribution in [0.5, 0.6) is 5.75 Å². The first-order chi connectivity index (χ1) is 18.3. The number of nitrogens with one attached hydrogen (secondary N) is 1. The predicted octanol–water partition coefficient (Wildman–Crippen LogP) is 4.39. The molecule has 1 aliphatic heterocycles. The maximum Gasteiger partial charge on any atom is 0.413 e. The molecule has 1 aromatic rings. The quantitative estimate of drug-likeness (QED) is 0.334. The van der Waals surface area contributed by atoms with Crippen molar-refractivity contribution in [2.45, 2.75) is 78.3 Å². The molecule has 1 saturated carbocycles. The average molecular weight is 531 g/mol. The molecule has 1 aliphatic carbocycles. The summed E-state index contributed by atoms with van der Waals surface area (Å²) in [6, 6.07) is 5.87. The van der Waals surface area contributed by atoms with Crippen LogP contribution < -0.4 is 10.1 Å². The number of benzene rings is 1. The molecular formula is C28H42N4O6. The zero-order chi connectivity index (χ0) is 27.5. The van der Waals surface area contributed by atoms with Gasteiger partial charge in [0.15, 0.2) is 0 Å². The third kappa shape index (κ3) is 8.92. The average Bonchev–Trinajstić information content (AvgIpc) is 2.90. The number of esters is 1. The van der Waals surface area contributed by atoms with Crippen molar-refractivity contribution in [1.82, 2.24) is 15.1 Å². The molecule has 10 nitrogen and oxygen atoms in total. The first-order valence-electron chi connectivity index (χ1n) is 13.7. The van der Waals surface area contributed by atoms with Crippen molar-refractivity contribution in [1.29, 1.82) is 0 Å². The van der Waals surface area contributed by atoms with Gasteiger partial charge in [-0.25, -0.2) is 9.79 Å². The second-order valence-electron chi connectivity index (χ2n) is 10.3. The molecule has 0 radical (unpaired) electrons. The zero-order valence-electron chi connectivity index (χ0n) is 23.2. The molecule has 0 aromatic heterocycles. The van der Waals surface area contributed by atoms with E-state index in [0.29, 0.717) is 43.5 Å². The number of amides is 2. The summed E-state index contributed by atoms with van der Waals surface area (Å²) in [6.07, 6.45) is 6.32. The molecule has 1 fully saturated rings. The summed E-state index contributed by atoms with van der Waals surface area (Å²) >= 11 is 0. The minimum Gasteiger partial charge on any atom is -0.494 e. The van der Waals surface area contributed by atoms with Crippen molar-refractivity contribution in [3.63, 3.8) is 0 Å². The molecule has 10 heteroatoms. The number of carbonyl (C=O) groups is 3. The lowest BCUT2D eigenvalue weighted by molar-refractivity contribution is -0.143. The fourth-order valence-electron chi connectivity index (χ4n) is 4.58. The Labute approximate surface area is 225 Å². The Bertz CT molecular complexity index is 990. The highest BCUT2D eigenvalue weighted by Crippen LogP contribution is 2.30. The lowest BCUT2D eigenvalue weighted by atomic mass is 9.94. The van der Waals surface area contributed by atoms with Gasteiger partial charge in [0.25, 0.3) is 0 Å². The number of carbonyl (C=O) groups excluding carboxylic acids is 3. The first-order valence-corrected chi connectivity index (χ1v) is 13.7. The summed E-state index contributed by atoms with van der Waals surface area (Å²) < 4.78 is 16.2. The second-order valence-corrected chi connectivity index (χ2v) is 10.3. The van der Waals surface area contributed by atoms with E-state index < -0.39 is 12.1 Å². The molecule has 38 heavy (non-hydrogen) atoms. The number of hydrogen-bond donors (Lipinski definition) is 1. The summed E-state index contributed by atoms with van der Waals surface area (Å²) in [5, 5.41) is 2.65. The normalized spacial score (nSPS) is 15.4. The van der Waals surface area contributed by atoms with Gasteiger partial charge in [-0.15, -0.1) is 0 Å². The first kappa shape index (κ1) is 29.3. The molecule has 1 aromatic carbocycles. The number of aliphatic imine (C=N–C) groups is 1. The van der Waals surface area contributed by atoms with E-state index in [2.05, 4.69) is 10.3 Å². The van der Waals surface area contributed by atoms with E-state index in [0.717, 1.165) is 18.4 Å². The topological polar surface area (TPSA) is 110 Å². The van der Waals surface area contributed by atoms with Gasteiger partial charge in [-0.1, -0.05) is 33.1 Å². The maximum absolute atomic E-state index is 12.6. The summed E-state index contributed by atoms with van der Waals surface area (Å²) in [5.74, 6) is 0.835. The molecule has 0 unspecified atom stereocenters. The Balaban J connectivity index is 1.58. The van der Waals surface area contributed by atoms with Crippen molar-refractivity contribution >= 4 is 29.6 Å². The molecule has 1 heterocycles. The van der Waals surface area contributed by atoms with Crippen LogP contribution in [-0.2, 0) is 25.6 Å². The zero-order valence-corrected chi connectivity index (χ0v) is 23.2. The Hall–Kier alpha value is -3.30. The highest BCUT2D eigenvalue weighted by Gasteiger charge is 2.25. The molecular weight excluding hydrogens is 488 g/mol. The SMILES string of the molecule is CCOC(=O)CN1Cc2cc(OCCCC(=O)N(C)C3CCCCC3)ccc2N=C1NC(=O)OCC(C)C. The van der Waals surface area contributed by atoms with Gasteiger partial charge in [0.1, 0.15) is 12.3 Å². The van der Waals surface area contributed by atoms with E-state index in [-0.39, 0.29) is 37.5 Å². The Morgan fingerprint density at radius 3 is 2.63 bits per heavy atom. The monoisotopic (exact) mass is 530 g/mol. The van der Waals surface area contributed by atoms with E-state index in [1.807, 2.05) is 44.0 Å². The standard InChI is InChI=1S/C28H42N4O6/c1-5-36-26(34)18-32-17-21-16-23(13-14-24(21)29-27(32)30-28(35)38-19-20(2)3)37-15-9-12-25(33)31(4)22-10-7-6-8-11-22/h13-14,16,20,22H,5-12,15,17-19H2,1-4H3,(H,29,30,35). The van der Waals surface area contributed by atoms with E-state index >= 15 is 0 Å². The lowest BCUT2D eigenvalue weighted by Crippen LogP contribution is -2.47. The highest BCUT2D eigenvalue weighted by atomic mass is 16.5. The van der Waals surface area contributed by atoms with Gasteiger partial charge < -0.3 is 24.0 Å². The third-order valence-electron chi connectivity index (χ3n) is 6.64. The number of hydrogen-bond acceptors (Lipinski definition) is 8. The van der Waals surface area contributed by atoms with Crippen LogP contribution >= 0.6 is 0 Å².